The lowest BCUT2D eigenvalue weighted by molar-refractivity contribution is 0.103. The Bertz CT molecular complexity index is 646. The monoisotopic (exact) mass is 302 g/mol. The minimum Gasteiger partial charge on any atom is -0.382 e. The standard InChI is InChI=1S/C15H18N4OS/c1-2-9-3-5-10(6-4-9)17-14(20)12-13(16)19-15(21-12)18-11-7-8-11/h3-6,11H,2,7-8,16H2,1H3,(H,17,20)(H,18,19). The Labute approximate surface area is 127 Å². The average molecular weight is 302 g/mol. The highest BCUT2D eigenvalue weighted by Crippen LogP contribution is 2.30. The van der Waals surface area contributed by atoms with E-state index in [2.05, 4.69) is 22.5 Å². The van der Waals surface area contributed by atoms with Crippen LogP contribution in [0.1, 0.15) is 35.0 Å². The van der Waals surface area contributed by atoms with E-state index in [1.54, 1.807) is 0 Å². The molecule has 1 aliphatic rings. The van der Waals surface area contributed by atoms with E-state index in [0.29, 0.717) is 10.9 Å². The van der Waals surface area contributed by atoms with Gasteiger partial charge in [0.15, 0.2) is 5.13 Å². The zero-order valence-corrected chi connectivity index (χ0v) is 12.7. The third-order valence-corrected chi connectivity index (χ3v) is 4.39. The van der Waals surface area contributed by atoms with Crippen LogP contribution in [-0.2, 0) is 6.42 Å². The highest BCUT2D eigenvalue weighted by atomic mass is 32.1. The predicted octanol–water partition coefficient (Wildman–Crippen LogP) is 3.11. The molecular weight excluding hydrogens is 284 g/mol. The lowest BCUT2D eigenvalue weighted by Crippen LogP contribution is -2.12. The molecule has 0 bridgehead atoms. The van der Waals surface area contributed by atoms with Gasteiger partial charge in [0.2, 0.25) is 0 Å². The lowest BCUT2D eigenvalue weighted by Gasteiger charge is -2.04. The first-order valence-electron chi connectivity index (χ1n) is 7.09. The Morgan fingerprint density at radius 2 is 2.10 bits per heavy atom. The van der Waals surface area contributed by atoms with Gasteiger partial charge in [0, 0.05) is 11.7 Å². The summed E-state index contributed by atoms with van der Waals surface area (Å²) in [4.78, 5) is 16.9. The highest BCUT2D eigenvalue weighted by Gasteiger charge is 2.24. The second-order valence-corrected chi connectivity index (χ2v) is 6.16. The van der Waals surface area contributed by atoms with E-state index in [9.17, 15) is 4.79 Å². The van der Waals surface area contributed by atoms with E-state index in [0.717, 1.165) is 30.1 Å². The summed E-state index contributed by atoms with van der Waals surface area (Å²) in [7, 11) is 0. The van der Waals surface area contributed by atoms with Gasteiger partial charge >= 0.3 is 0 Å². The van der Waals surface area contributed by atoms with Gasteiger partial charge in [-0.15, -0.1) is 0 Å². The van der Waals surface area contributed by atoms with Crippen molar-refractivity contribution in [3.63, 3.8) is 0 Å². The minimum absolute atomic E-state index is 0.210. The number of hydrogen-bond acceptors (Lipinski definition) is 5. The van der Waals surface area contributed by atoms with E-state index in [1.807, 2.05) is 24.3 Å². The number of aromatic nitrogens is 1. The molecule has 1 aromatic heterocycles. The van der Waals surface area contributed by atoms with Crippen molar-refractivity contribution in [3.05, 3.63) is 34.7 Å². The van der Waals surface area contributed by atoms with Crippen LogP contribution in [-0.4, -0.2) is 16.9 Å². The number of nitrogens with two attached hydrogens (primary N) is 1. The summed E-state index contributed by atoms with van der Waals surface area (Å²) >= 11 is 1.30. The smallest absolute Gasteiger partial charge is 0.269 e. The van der Waals surface area contributed by atoms with E-state index in [-0.39, 0.29) is 11.7 Å². The van der Waals surface area contributed by atoms with Crippen molar-refractivity contribution in [1.29, 1.82) is 0 Å². The first-order valence-corrected chi connectivity index (χ1v) is 7.90. The number of amides is 1. The van der Waals surface area contributed by atoms with Crippen molar-refractivity contribution >= 4 is 33.9 Å². The third kappa shape index (κ3) is 3.33. The Hall–Kier alpha value is -2.08. The number of nitrogens with zero attached hydrogens (tertiary/aromatic N) is 1. The van der Waals surface area contributed by atoms with Gasteiger partial charge in [-0.3, -0.25) is 4.79 Å². The van der Waals surface area contributed by atoms with Crippen molar-refractivity contribution in [1.82, 2.24) is 4.98 Å². The summed E-state index contributed by atoms with van der Waals surface area (Å²) in [6.07, 6.45) is 3.29. The molecule has 4 N–H and O–H groups in total. The van der Waals surface area contributed by atoms with Crippen molar-refractivity contribution < 1.29 is 4.79 Å². The topological polar surface area (TPSA) is 80.0 Å². The molecule has 3 rings (SSSR count). The number of carbonyl (C=O) groups excluding carboxylic acids is 1. The Kier molecular flexibility index (Phi) is 3.79. The van der Waals surface area contributed by atoms with E-state index < -0.39 is 0 Å². The molecule has 5 nitrogen and oxygen atoms in total. The minimum atomic E-state index is -0.210. The number of carbonyl (C=O) groups is 1. The fraction of sp³-hybridized carbons (Fsp3) is 0.333. The molecule has 2 aromatic rings. The maximum absolute atomic E-state index is 12.3. The van der Waals surface area contributed by atoms with Crippen LogP contribution in [0.15, 0.2) is 24.3 Å². The number of anilines is 3. The van der Waals surface area contributed by atoms with Gasteiger partial charge in [-0.05, 0) is 37.0 Å². The first-order chi connectivity index (χ1) is 10.2. The summed E-state index contributed by atoms with van der Waals surface area (Å²) in [5, 5.41) is 6.84. The second-order valence-electron chi connectivity index (χ2n) is 5.16. The maximum atomic E-state index is 12.3. The molecule has 110 valence electrons. The second kappa shape index (κ2) is 5.73. The SMILES string of the molecule is CCc1ccc(NC(=O)c2sc(NC3CC3)nc2N)cc1. The normalized spacial score (nSPS) is 14.0. The summed E-state index contributed by atoms with van der Waals surface area (Å²) in [5.41, 5.74) is 7.84. The van der Waals surface area contributed by atoms with Crippen molar-refractivity contribution in [3.8, 4) is 0 Å². The molecule has 21 heavy (non-hydrogen) atoms. The van der Waals surface area contributed by atoms with E-state index in [4.69, 9.17) is 5.73 Å². The number of aryl methyl sites for hydroxylation is 1. The number of rotatable bonds is 5. The Morgan fingerprint density at radius 1 is 1.38 bits per heavy atom. The molecule has 1 fully saturated rings. The highest BCUT2D eigenvalue weighted by molar-refractivity contribution is 7.18. The molecule has 6 heteroatoms. The summed E-state index contributed by atoms with van der Waals surface area (Å²) in [6.45, 7) is 2.10. The van der Waals surface area contributed by atoms with Gasteiger partial charge in [-0.2, -0.15) is 0 Å². The van der Waals surface area contributed by atoms with Crippen molar-refractivity contribution in [2.24, 2.45) is 0 Å². The number of nitrogen functional groups attached to an aromatic ring is 1. The average Bonchev–Trinajstić information content (AvgIpc) is 3.21. The van der Waals surface area contributed by atoms with Gasteiger partial charge in [0.25, 0.3) is 5.91 Å². The van der Waals surface area contributed by atoms with Crippen LogP contribution in [0.2, 0.25) is 0 Å². The van der Waals surface area contributed by atoms with Crippen molar-refractivity contribution in [2.75, 3.05) is 16.4 Å². The predicted molar refractivity (Wildman–Crippen MR) is 86.9 cm³/mol. The molecule has 0 unspecified atom stereocenters. The fourth-order valence-corrected chi connectivity index (χ4v) is 2.83. The molecule has 1 amide bonds. The van der Waals surface area contributed by atoms with Crippen LogP contribution < -0.4 is 16.4 Å². The number of nitrogens with one attached hydrogen (secondary N) is 2. The molecule has 0 spiro atoms. The number of hydrogen-bond donors (Lipinski definition) is 3. The molecule has 1 aliphatic carbocycles. The van der Waals surface area contributed by atoms with Crippen LogP contribution in [0.25, 0.3) is 0 Å². The summed E-state index contributed by atoms with van der Waals surface area (Å²) in [6, 6.07) is 8.31. The van der Waals surface area contributed by atoms with E-state index in [1.165, 1.54) is 16.9 Å². The van der Waals surface area contributed by atoms with Gasteiger partial charge in [-0.25, -0.2) is 4.98 Å². The molecule has 0 aliphatic heterocycles. The Balaban J connectivity index is 1.70. The van der Waals surface area contributed by atoms with Gasteiger partial charge in [-0.1, -0.05) is 30.4 Å². The maximum Gasteiger partial charge on any atom is 0.269 e. The molecule has 1 heterocycles. The summed E-state index contributed by atoms with van der Waals surface area (Å²) < 4.78 is 0. The third-order valence-electron chi connectivity index (χ3n) is 3.38. The number of thiazole rings is 1. The largest absolute Gasteiger partial charge is 0.382 e. The zero-order chi connectivity index (χ0) is 14.8. The fourth-order valence-electron chi connectivity index (χ4n) is 1.97. The molecule has 1 aromatic carbocycles. The van der Waals surface area contributed by atoms with Crippen LogP contribution in [0.4, 0.5) is 16.6 Å². The molecular formula is C15H18N4OS. The van der Waals surface area contributed by atoms with Crippen LogP contribution in [0.3, 0.4) is 0 Å². The van der Waals surface area contributed by atoms with Crippen LogP contribution in [0.5, 0.6) is 0 Å². The van der Waals surface area contributed by atoms with Crippen molar-refractivity contribution in [2.45, 2.75) is 32.2 Å². The molecule has 1 saturated carbocycles. The molecule has 0 atom stereocenters. The quantitative estimate of drug-likeness (QED) is 0.793. The molecule has 0 saturated heterocycles. The van der Waals surface area contributed by atoms with Gasteiger partial charge in [0.05, 0.1) is 0 Å². The van der Waals surface area contributed by atoms with Gasteiger partial charge in [0.1, 0.15) is 10.7 Å². The van der Waals surface area contributed by atoms with Crippen LogP contribution >= 0.6 is 11.3 Å². The summed E-state index contributed by atoms with van der Waals surface area (Å²) in [5.74, 6) is 0.0731. The molecule has 0 radical (unpaired) electrons. The lowest BCUT2D eigenvalue weighted by atomic mass is 10.1. The van der Waals surface area contributed by atoms with Gasteiger partial charge < -0.3 is 16.4 Å². The first kappa shape index (κ1) is 13.9. The van der Waals surface area contributed by atoms with E-state index >= 15 is 0 Å². The zero-order valence-electron chi connectivity index (χ0n) is 11.8. The number of benzene rings is 1. The Morgan fingerprint density at radius 3 is 2.71 bits per heavy atom. The van der Waals surface area contributed by atoms with Crippen LogP contribution in [0, 0.1) is 0 Å².